The predicted octanol–water partition coefficient (Wildman–Crippen LogP) is 3.91. The highest BCUT2D eigenvalue weighted by Gasteiger charge is 2.46. The number of fused-ring (bicyclic) bond motifs is 1. The van der Waals surface area contributed by atoms with Gasteiger partial charge in [-0.1, -0.05) is 12.1 Å². The molecule has 0 radical (unpaired) electrons. The second-order valence-corrected chi connectivity index (χ2v) is 6.34. The van der Waals surface area contributed by atoms with E-state index in [2.05, 4.69) is 10.3 Å². The fraction of sp³-hybridized carbons (Fsp3) is 0.211. The maximum absolute atomic E-state index is 13.7. The lowest BCUT2D eigenvalue weighted by Crippen LogP contribution is -2.32. The van der Waals surface area contributed by atoms with Gasteiger partial charge in [-0.05, 0) is 48.7 Å². The van der Waals surface area contributed by atoms with Gasteiger partial charge in [0.15, 0.2) is 0 Å². The van der Waals surface area contributed by atoms with Crippen LogP contribution in [0.3, 0.4) is 0 Å². The smallest absolute Gasteiger partial charge is 0.254 e. The first-order valence-electron chi connectivity index (χ1n) is 7.89. The van der Waals surface area contributed by atoms with Gasteiger partial charge < -0.3 is 10.3 Å². The van der Waals surface area contributed by atoms with E-state index >= 15 is 0 Å². The quantitative estimate of drug-likeness (QED) is 0.750. The van der Waals surface area contributed by atoms with Crippen molar-refractivity contribution < 1.29 is 13.6 Å². The van der Waals surface area contributed by atoms with Crippen LogP contribution in [0.15, 0.2) is 48.7 Å². The number of rotatable bonds is 4. The second kappa shape index (κ2) is 5.44. The van der Waals surface area contributed by atoms with Gasteiger partial charge >= 0.3 is 0 Å². The van der Waals surface area contributed by atoms with E-state index in [-0.39, 0.29) is 16.8 Å². The largest absolute Gasteiger partial charge is 0.361 e. The van der Waals surface area contributed by atoms with Crippen molar-refractivity contribution >= 4 is 16.8 Å². The highest BCUT2D eigenvalue weighted by Crippen LogP contribution is 2.50. The van der Waals surface area contributed by atoms with Crippen LogP contribution in [-0.2, 0) is 5.41 Å². The molecular formula is C19H16F2N2O. The first kappa shape index (κ1) is 14.9. The fourth-order valence-electron chi connectivity index (χ4n) is 3.22. The van der Waals surface area contributed by atoms with Crippen LogP contribution >= 0.6 is 0 Å². The summed E-state index contributed by atoms with van der Waals surface area (Å²) in [7, 11) is 0. The second-order valence-electron chi connectivity index (χ2n) is 6.34. The van der Waals surface area contributed by atoms with E-state index in [0.717, 1.165) is 29.3 Å². The van der Waals surface area contributed by atoms with E-state index in [1.807, 2.05) is 6.20 Å². The first-order chi connectivity index (χ1) is 11.6. The van der Waals surface area contributed by atoms with E-state index in [0.29, 0.717) is 6.54 Å². The van der Waals surface area contributed by atoms with Gasteiger partial charge in [-0.3, -0.25) is 4.79 Å². The molecule has 1 fully saturated rings. The number of nitrogens with one attached hydrogen (secondary N) is 2. The van der Waals surface area contributed by atoms with Gasteiger partial charge in [0.25, 0.3) is 5.91 Å². The third-order valence-corrected chi connectivity index (χ3v) is 4.77. The summed E-state index contributed by atoms with van der Waals surface area (Å²) < 4.78 is 27.0. The molecule has 1 aromatic heterocycles. The van der Waals surface area contributed by atoms with E-state index < -0.39 is 11.7 Å². The van der Waals surface area contributed by atoms with Crippen LogP contribution in [0.5, 0.6) is 0 Å². The van der Waals surface area contributed by atoms with Crippen molar-refractivity contribution in [2.24, 2.45) is 0 Å². The van der Waals surface area contributed by atoms with Crippen molar-refractivity contribution in [3.05, 3.63) is 71.4 Å². The van der Waals surface area contributed by atoms with Gasteiger partial charge in [0.1, 0.15) is 11.6 Å². The third-order valence-electron chi connectivity index (χ3n) is 4.77. The number of hydrogen-bond acceptors (Lipinski definition) is 1. The van der Waals surface area contributed by atoms with Crippen molar-refractivity contribution in [3.63, 3.8) is 0 Å². The van der Waals surface area contributed by atoms with Gasteiger partial charge in [0, 0.05) is 29.1 Å². The molecule has 1 aliphatic rings. The molecule has 0 atom stereocenters. The Bertz CT molecular complexity index is 928. The molecule has 5 heteroatoms. The summed E-state index contributed by atoms with van der Waals surface area (Å²) in [5.41, 5.74) is 1.72. The van der Waals surface area contributed by atoms with Crippen LogP contribution in [0.25, 0.3) is 10.9 Å². The minimum atomic E-state index is -0.526. The Morgan fingerprint density at radius 2 is 1.96 bits per heavy atom. The molecule has 0 aliphatic heterocycles. The molecule has 2 aromatic carbocycles. The zero-order valence-electron chi connectivity index (χ0n) is 12.9. The number of halogens is 2. The summed E-state index contributed by atoms with van der Waals surface area (Å²) in [4.78, 5) is 15.3. The first-order valence-corrected chi connectivity index (χ1v) is 7.89. The van der Waals surface area contributed by atoms with Crippen molar-refractivity contribution in [1.82, 2.24) is 10.3 Å². The van der Waals surface area contributed by atoms with Crippen LogP contribution in [-0.4, -0.2) is 17.4 Å². The van der Waals surface area contributed by atoms with E-state index in [1.54, 1.807) is 18.2 Å². The Hall–Kier alpha value is -2.69. The van der Waals surface area contributed by atoms with Gasteiger partial charge in [-0.25, -0.2) is 8.78 Å². The van der Waals surface area contributed by atoms with Crippen molar-refractivity contribution in [3.8, 4) is 0 Å². The molecule has 0 unspecified atom stereocenters. The maximum atomic E-state index is 13.7. The summed E-state index contributed by atoms with van der Waals surface area (Å²) >= 11 is 0. The Labute approximate surface area is 137 Å². The number of hydrogen-bond donors (Lipinski definition) is 2. The molecule has 0 saturated heterocycles. The molecule has 4 rings (SSSR count). The molecule has 1 heterocycles. The summed E-state index contributed by atoms with van der Waals surface area (Å²) in [6.07, 6.45) is 3.76. The van der Waals surface area contributed by atoms with E-state index in [1.165, 1.54) is 24.3 Å². The third kappa shape index (κ3) is 2.46. The lowest BCUT2D eigenvalue weighted by molar-refractivity contribution is 0.0945. The SMILES string of the molecule is O=C(NCC1(c2c[nH]c3cc(F)ccc23)CC1)c1ccccc1F. The predicted molar refractivity (Wildman–Crippen MR) is 87.9 cm³/mol. The molecule has 1 saturated carbocycles. The number of carbonyl (C=O) groups is 1. The summed E-state index contributed by atoms with van der Waals surface area (Å²) in [6, 6.07) is 10.6. The topological polar surface area (TPSA) is 44.9 Å². The van der Waals surface area contributed by atoms with Crippen molar-refractivity contribution in [2.75, 3.05) is 6.54 Å². The Morgan fingerprint density at radius 1 is 1.17 bits per heavy atom. The molecule has 1 aliphatic carbocycles. The van der Waals surface area contributed by atoms with Crippen LogP contribution in [0.4, 0.5) is 8.78 Å². The molecule has 122 valence electrons. The highest BCUT2D eigenvalue weighted by atomic mass is 19.1. The average Bonchev–Trinajstić information content (AvgIpc) is 3.25. The molecule has 0 spiro atoms. The number of aromatic amines is 1. The van der Waals surface area contributed by atoms with Gasteiger partial charge in [0.05, 0.1) is 5.56 Å². The van der Waals surface area contributed by atoms with Crippen LogP contribution in [0.2, 0.25) is 0 Å². The van der Waals surface area contributed by atoms with Gasteiger partial charge in [0.2, 0.25) is 0 Å². The molecule has 24 heavy (non-hydrogen) atoms. The maximum Gasteiger partial charge on any atom is 0.254 e. The fourth-order valence-corrected chi connectivity index (χ4v) is 3.22. The minimum absolute atomic E-state index is 0.0503. The van der Waals surface area contributed by atoms with Crippen LogP contribution in [0, 0.1) is 11.6 Å². The van der Waals surface area contributed by atoms with Gasteiger partial charge in [-0.2, -0.15) is 0 Å². The number of amides is 1. The lowest BCUT2D eigenvalue weighted by atomic mass is 9.95. The Balaban J connectivity index is 1.56. The average molecular weight is 326 g/mol. The monoisotopic (exact) mass is 326 g/mol. The minimum Gasteiger partial charge on any atom is -0.361 e. The van der Waals surface area contributed by atoms with Gasteiger partial charge in [-0.15, -0.1) is 0 Å². The molecule has 0 bridgehead atoms. The van der Waals surface area contributed by atoms with Crippen molar-refractivity contribution in [1.29, 1.82) is 0 Å². The van der Waals surface area contributed by atoms with E-state index in [4.69, 9.17) is 0 Å². The Kier molecular flexibility index (Phi) is 3.37. The molecule has 1 amide bonds. The summed E-state index contributed by atoms with van der Waals surface area (Å²) in [6.45, 7) is 0.435. The number of H-pyrrole nitrogens is 1. The van der Waals surface area contributed by atoms with E-state index in [9.17, 15) is 13.6 Å². The highest BCUT2D eigenvalue weighted by molar-refractivity contribution is 5.94. The normalized spacial score (nSPS) is 15.4. The number of aromatic nitrogens is 1. The molecule has 3 nitrogen and oxygen atoms in total. The number of carbonyl (C=O) groups excluding carboxylic acids is 1. The number of benzene rings is 2. The summed E-state index contributed by atoms with van der Waals surface area (Å²) in [5.74, 6) is -1.22. The molecule has 2 N–H and O–H groups in total. The molecular weight excluding hydrogens is 310 g/mol. The van der Waals surface area contributed by atoms with Crippen molar-refractivity contribution in [2.45, 2.75) is 18.3 Å². The molecule has 3 aromatic rings. The standard InChI is InChI=1S/C19H16F2N2O/c20-12-5-6-13-15(10-22-17(13)9-12)19(7-8-19)11-23-18(24)14-3-1-2-4-16(14)21/h1-6,9-10,22H,7-8,11H2,(H,23,24). The summed E-state index contributed by atoms with van der Waals surface area (Å²) in [5, 5.41) is 3.81. The zero-order valence-corrected chi connectivity index (χ0v) is 12.9. The van der Waals surface area contributed by atoms with Crippen LogP contribution in [0.1, 0.15) is 28.8 Å². The zero-order chi connectivity index (χ0) is 16.7. The lowest BCUT2D eigenvalue weighted by Gasteiger charge is -2.16. The Morgan fingerprint density at radius 3 is 2.71 bits per heavy atom. The van der Waals surface area contributed by atoms with Crippen LogP contribution < -0.4 is 5.32 Å².